The maximum absolute atomic E-state index is 12.0. The molecule has 1 fully saturated rings. The number of anilines is 1. The summed E-state index contributed by atoms with van der Waals surface area (Å²) in [5.41, 5.74) is 0.965. The summed E-state index contributed by atoms with van der Waals surface area (Å²) in [7, 11) is 2.09. The monoisotopic (exact) mass is 312 g/mol. The zero-order valence-electron chi connectivity index (χ0n) is 12.9. The summed E-state index contributed by atoms with van der Waals surface area (Å²) in [5, 5.41) is 0.0739. The summed E-state index contributed by atoms with van der Waals surface area (Å²) in [6.07, 6.45) is 0. The Bertz CT molecular complexity index is 538. The van der Waals surface area contributed by atoms with Crippen LogP contribution in [0.25, 0.3) is 0 Å². The Morgan fingerprint density at radius 3 is 2.76 bits per heavy atom. The van der Waals surface area contributed by atoms with Gasteiger partial charge < -0.3 is 14.5 Å². The van der Waals surface area contributed by atoms with Crippen molar-refractivity contribution in [3.05, 3.63) is 16.5 Å². The molecule has 116 valence electrons. The second-order valence-corrected chi connectivity index (χ2v) is 5.65. The molecule has 0 amide bonds. The smallest absolute Gasteiger partial charge is 0.357 e. The fourth-order valence-corrected chi connectivity index (χ4v) is 2.78. The van der Waals surface area contributed by atoms with Crippen molar-refractivity contribution in [2.24, 2.45) is 0 Å². The van der Waals surface area contributed by atoms with Crippen molar-refractivity contribution in [1.29, 1.82) is 0 Å². The number of likely N-dealkylation sites (N-methyl/N-ethyl adjacent to an activating group) is 1. The summed E-state index contributed by atoms with van der Waals surface area (Å²) in [6.45, 7) is 8.77. The summed E-state index contributed by atoms with van der Waals surface area (Å²) < 4.78 is 5.04. The molecular weight excluding hydrogens is 292 g/mol. The van der Waals surface area contributed by atoms with Crippen LogP contribution >= 0.6 is 11.6 Å². The molecule has 21 heavy (non-hydrogen) atoms. The van der Waals surface area contributed by atoms with Gasteiger partial charge in [-0.25, -0.2) is 14.8 Å². The van der Waals surface area contributed by atoms with E-state index in [4.69, 9.17) is 16.3 Å². The number of piperazine rings is 1. The van der Waals surface area contributed by atoms with Gasteiger partial charge in [0.05, 0.1) is 6.61 Å². The Labute approximate surface area is 130 Å². The molecule has 7 heteroatoms. The number of ether oxygens (including phenoxy) is 1. The molecule has 0 aliphatic carbocycles. The van der Waals surface area contributed by atoms with Crippen molar-refractivity contribution in [3.63, 3.8) is 0 Å². The molecule has 1 aliphatic rings. The van der Waals surface area contributed by atoms with E-state index >= 15 is 0 Å². The van der Waals surface area contributed by atoms with Crippen molar-refractivity contribution in [2.45, 2.75) is 26.8 Å². The SMILES string of the molecule is CCOC(=O)c1nc(Cl)nc(N2CCN(C)CC2C)c1C. The van der Waals surface area contributed by atoms with Gasteiger partial charge in [0.2, 0.25) is 5.28 Å². The third-order valence-corrected chi connectivity index (χ3v) is 3.83. The topological polar surface area (TPSA) is 58.6 Å². The second kappa shape index (κ2) is 6.58. The van der Waals surface area contributed by atoms with Crippen LogP contribution in [0.4, 0.5) is 5.82 Å². The first-order chi connectivity index (χ1) is 9.93. The van der Waals surface area contributed by atoms with E-state index in [9.17, 15) is 4.79 Å². The average molecular weight is 313 g/mol. The lowest BCUT2D eigenvalue weighted by Gasteiger charge is -2.39. The predicted octanol–water partition coefficient (Wildman–Crippen LogP) is 1.76. The zero-order valence-corrected chi connectivity index (χ0v) is 13.6. The highest BCUT2D eigenvalue weighted by molar-refractivity contribution is 6.28. The molecule has 0 aromatic carbocycles. The first-order valence-electron chi connectivity index (χ1n) is 7.10. The highest BCUT2D eigenvalue weighted by atomic mass is 35.5. The number of hydrogen-bond donors (Lipinski definition) is 0. The van der Waals surface area contributed by atoms with Gasteiger partial charge in [-0.15, -0.1) is 0 Å². The number of rotatable bonds is 3. The third-order valence-electron chi connectivity index (χ3n) is 3.66. The van der Waals surface area contributed by atoms with Crippen molar-refractivity contribution < 1.29 is 9.53 Å². The average Bonchev–Trinajstić information content (AvgIpc) is 2.41. The highest BCUT2D eigenvalue weighted by Crippen LogP contribution is 2.25. The Balaban J connectivity index is 2.38. The molecule has 0 spiro atoms. The summed E-state index contributed by atoms with van der Waals surface area (Å²) in [4.78, 5) is 24.8. The van der Waals surface area contributed by atoms with Crippen LogP contribution in [0.15, 0.2) is 0 Å². The molecule has 0 radical (unpaired) electrons. The van der Waals surface area contributed by atoms with E-state index in [1.807, 2.05) is 6.92 Å². The molecule has 2 rings (SSSR count). The van der Waals surface area contributed by atoms with Crippen molar-refractivity contribution >= 4 is 23.4 Å². The van der Waals surface area contributed by atoms with Gasteiger partial charge in [-0.3, -0.25) is 0 Å². The number of carbonyl (C=O) groups excluding carboxylic acids is 1. The van der Waals surface area contributed by atoms with E-state index in [0.717, 1.165) is 25.5 Å². The zero-order chi connectivity index (χ0) is 15.6. The fourth-order valence-electron chi connectivity index (χ4n) is 2.61. The minimum Gasteiger partial charge on any atom is -0.461 e. The summed E-state index contributed by atoms with van der Waals surface area (Å²) in [6, 6.07) is 0.295. The summed E-state index contributed by atoms with van der Waals surface area (Å²) in [5.74, 6) is 0.265. The molecule has 1 aromatic heterocycles. The predicted molar refractivity (Wildman–Crippen MR) is 82.0 cm³/mol. The van der Waals surface area contributed by atoms with Crippen LogP contribution in [0.5, 0.6) is 0 Å². The molecule has 1 aromatic rings. The Kier molecular flexibility index (Phi) is 5.00. The first-order valence-corrected chi connectivity index (χ1v) is 7.48. The van der Waals surface area contributed by atoms with Gasteiger partial charge >= 0.3 is 5.97 Å². The molecule has 1 aliphatic heterocycles. The van der Waals surface area contributed by atoms with Gasteiger partial charge in [0.25, 0.3) is 0 Å². The number of carbonyl (C=O) groups is 1. The van der Waals surface area contributed by atoms with Crippen molar-refractivity contribution in [1.82, 2.24) is 14.9 Å². The summed E-state index contributed by atoms with van der Waals surface area (Å²) >= 11 is 5.99. The quantitative estimate of drug-likeness (QED) is 0.626. The van der Waals surface area contributed by atoms with E-state index in [2.05, 4.69) is 33.7 Å². The van der Waals surface area contributed by atoms with Crippen LogP contribution in [0, 0.1) is 6.92 Å². The molecule has 6 nitrogen and oxygen atoms in total. The Hall–Kier alpha value is -1.40. The van der Waals surface area contributed by atoms with Gasteiger partial charge in [0.1, 0.15) is 5.82 Å². The lowest BCUT2D eigenvalue weighted by atomic mass is 10.1. The van der Waals surface area contributed by atoms with E-state index in [1.54, 1.807) is 6.92 Å². The van der Waals surface area contributed by atoms with E-state index in [1.165, 1.54) is 0 Å². The van der Waals surface area contributed by atoms with Crippen LogP contribution < -0.4 is 4.90 Å². The molecule has 0 N–H and O–H groups in total. The normalized spacial score (nSPS) is 19.7. The van der Waals surface area contributed by atoms with Crippen LogP contribution in [0.1, 0.15) is 29.9 Å². The fraction of sp³-hybridized carbons (Fsp3) is 0.643. The number of halogens is 1. The van der Waals surface area contributed by atoms with Crippen LogP contribution in [0.3, 0.4) is 0 Å². The molecular formula is C14H21ClN4O2. The van der Waals surface area contributed by atoms with E-state index in [-0.39, 0.29) is 11.0 Å². The Morgan fingerprint density at radius 2 is 2.14 bits per heavy atom. The van der Waals surface area contributed by atoms with Crippen molar-refractivity contribution in [3.8, 4) is 0 Å². The Morgan fingerprint density at radius 1 is 1.43 bits per heavy atom. The standard InChI is InChI=1S/C14H21ClN4O2/c1-5-21-13(20)11-10(3)12(17-14(15)16-11)19-7-6-18(4)8-9(19)2/h9H,5-8H2,1-4H3. The molecule has 1 unspecified atom stereocenters. The van der Waals surface area contributed by atoms with Crippen LogP contribution in [-0.2, 0) is 4.74 Å². The largest absolute Gasteiger partial charge is 0.461 e. The van der Waals surface area contributed by atoms with Gasteiger partial charge in [-0.05, 0) is 39.4 Å². The third kappa shape index (κ3) is 3.44. The molecule has 0 bridgehead atoms. The van der Waals surface area contributed by atoms with E-state index in [0.29, 0.717) is 18.2 Å². The minimum atomic E-state index is -0.456. The second-order valence-electron chi connectivity index (χ2n) is 5.31. The van der Waals surface area contributed by atoms with Gasteiger partial charge in [0, 0.05) is 31.2 Å². The molecule has 0 saturated carbocycles. The van der Waals surface area contributed by atoms with E-state index < -0.39 is 5.97 Å². The minimum absolute atomic E-state index is 0.0739. The maximum atomic E-state index is 12.0. The number of hydrogen-bond acceptors (Lipinski definition) is 6. The van der Waals surface area contributed by atoms with Gasteiger partial charge in [-0.1, -0.05) is 0 Å². The lowest BCUT2D eigenvalue weighted by Crippen LogP contribution is -2.51. The van der Waals surface area contributed by atoms with Crippen LogP contribution in [-0.4, -0.2) is 60.2 Å². The van der Waals surface area contributed by atoms with Gasteiger partial charge in [0.15, 0.2) is 5.69 Å². The highest BCUT2D eigenvalue weighted by Gasteiger charge is 2.27. The van der Waals surface area contributed by atoms with Crippen molar-refractivity contribution in [2.75, 3.05) is 38.2 Å². The van der Waals surface area contributed by atoms with Crippen LogP contribution in [0.2, 0.25) is 5.28 Å². The molecule has 1 saturated heterocycles. The lowest BCUT2D eigenvalue weighted by molar-refractivity contribution is 0.0518. The first kappa shape index (κ1) is 16.0. The number of esters is 1. The molecule has 1 atom stereocenters. The number of aromatic nitrogens is 2. The maximum Gasteiger partial charge on any atom is 0.357 e. The van der Waals surface area contributed by atoms with Gasteiger partial charge in [-0.2, -0.15) is 0 Å². The molecule has 2 heterocycles. The number of nitrogens with zero attached hydrogens (tertiary/aromatic N) is 4.